The van der Waals surface area contributed by atoms with Gasteiger partial charge in [-0.2, -0.15) is 5.26 Å². The SMILES string of the molecule is N#Cc1ccccc1CN1CCC(NS(=O)(=O)c2cccs2)CC1. The highest BCUT2D eigenvalue weighted by Crippen LogP contribution is 2.20. The Balaban J connectivity index is 1.56. The van der Waals surface area contributed by atoms with Crippen LogP contribution in [0.25, 0.3) is 0 Å². The normalized spacial score (nSPS) is 16.8. The van der Waals surface area contributed by atoms with Gasteiger partial charge in [-0.3, -0.25) is 4.90 Å². The molecule has 1 aromatic heterocycles. The Morgan fingerprint density at radius 2 is 1.96 bits per heavy atom. The fraction of sp³-hybridized carbons (Fsp3) is 0.353. The van der Waals surface area contributed by atoms with Crippen molar-refractivity contribution in [3.8, 4) is 6.07 Å². The van der Waals surface area contributed by atoms with Crippen LogP contribution in [0.5, 0.6) is 0 Å². The third-order valence-electron chi connectivity index (χ3n) is 4.20. The van der Waals surface area contributed by atoms with Crippen LogP contribution in [0.2, 0.25) is 0 Å². The van der Waals surface area contributed by atoms with Crippen LogP contribution in [0.3, 0.4) is 0 Å². The van der Waals surface area contributed by atoms with Gasteiger partial charge in [0.1, 0.15) is 4.21 Å². The zero-order valence-corrected chi connectivity index (χ0v) is 14.8. The molecule has 0 unspecified atom stereocenters. The van der Waals surface area contributed by atoms with E-state index in [-0.39, 0.29) is 6.04 Å². The molecule has 0 atom stereocenters. The number of nitrogens with one attached hydrogen (secondary N) is 1. The molecule has 3 rings (SSSR count). The smallest absolute Gasteiger partial charge is 0.250 e. The maximum atomic E-state index is 12.3. The van der Waals surface area contributed by atoms with Crippen LogP contribution in [0.4, 0.5) is 0 Å². The van der Waals surface area contributed by atoms with Crippen LogP contribution in [-0.4, -0.2) is 32.4 Å². The predicted molar refractivity (Wildman–Crippen MR) is 94.1 cm³/mol. The molecule has 1 saturated heterocycles. The first-order valence-corrected chi connectivity index (χ1v) is 10.2. The van der Waals surface area contributed by atoms with Crippen molar-refractivity contribution in [3.05, 3.63) is 52.9 Å². The van der Waals surface area contributed by atoms with Gasteiger partial charge in [0, 0.05) is 25.7 Å². The summed E-state index contributed by atoms with van der Waals surface area (Å²) in [6, 6.07) is 13.2. The second kappa shape index (κ2) is 7.45. The van der Waals surface area contributed by atoms with Crippen LogP contribution < -0.4 is 4.72 Å². The molecule has 1 aromatic carbocycles. The molecule has 0 aliphatic carbocycles. The number of benzene rings is 1. The van der Waals surface area contributed by atoms with Gasteiger partial charge < -0.3 is 0 Å². The van der Waals surface area contributed by atoms with Gasteiger partial charge in [0.2, 0.25) is 10.0 Å². The summed E-state index contributed by atoms with van der Waals surface area (Å²) in [6.07, 6.45) is 1.55. The van der Waals surface area contributed by atoms with Crippen LogP contribution in [0.15, 0.2) is 46.0 Å². The van der Waals surface area contributed by atoms with Crippen molar-refractivity contribution in [2.75, 3.05) is 13.1 Å². The van der Waals surface area contributed by atoms with E-state index in [9.17, 15) is 8.42 Å². The molecular weight excluding hydrogens is 342 g/mol. The Kier molecular flexibility index (Phi) is 5.31. The van der Waals surface area contributed by atoms with Gasteiger partial charge in [-0.05, 0) is 35.9 Å². The number of hydrogen-bond donors (Lipinski definition) is 1. The molecule has 5 nitrogen and oxygen atoms in total. The van der Waals surface area contributed by atoms with Crippen LogP contribution >= 0.6 is 11.3 Å². The Hall–Kier alpha value is -1.72. The summed E-state index contributed by atoms with van der Waals surface area (Å²) >= 11 is 1.23. The Morgan fingerprint density at radius 3 is 2.62 bits per heavy atom. The number of likely N-dealkylation sites (tertiary alicyclic amines) is 1. The van der Waals surface area contributed by atoms with E-state index in [0.29, 0.717) is 9.77 Å². The number of nitriles is 1. The van der Waals surface area contributed by atoms with E-state index in [1.54, 1.807) is 17.5 Å². The minimum absolute atomic E-state index is 0.0282. The van der Waals surface area contributed by atoms with Crippen LogP contribution in [0, 0.1) is 11.3 Å². The largest absolute Gasteiger partial charge is 0.299 e. The number of hydrogen-bond acceptors (Lipinski definition) is 5. The standard InChI is InChI=1S/C17H19N3O2S2/c18-12-14-4-1-2-5-15(14)13-20-9-7-16(8-10-20)19-24(21,22)17-6-3-11-23-17/h1-6,11,16,19H,7-10,13H2. The molecule has 1 fully saturated rings. The van der Waals surface area contributed by atoms with Crippen molar-refractivity contribution < 1.29 is 8.42 Å². The summed E-state index contributed by atoms with van der Waals surface area (Å²) in [5, 5.41) is 10.9. The van der Waals surface area contributed by atoms with Gasteiger partial charge >= 0.3 is 0 Å². The molecule has 1 N–H and O–H groups in total. The topological polar surface area (TPSA) is 73.2 Å². The van der Waals surface area contributed by atoms with E-state index in [2.05, 4.69) is 15.7 Å². The molecule has 0 radical (unpaired) electrons. The summed E-state index contributed by atoms with van der Waals surface area (Å²) in [6.45, 7) is 2.36. The van der Waals surface area contributed by atoms with Gasteiger partial charge in [0.25, 0.3) is 0 Å². The highest BCUT2D eigenvalue weighted by atomic mass is 32.2. The number of rotatable bonds is 5. The molecule has 2 aromatic rings. The molecule has 2 heterocycles. The third kappa shape index (κ3) is 4.02. The zero-order valence-electron chi connectivity index (χ0n) is 13.2. The van der Waals surface area contributed by atoms with Gasteiger partial charge in [-0.15, -0.1) is 11.3 Å². The van der Waals surface area contributed by atoms with Crippen molar-refractivity contribution in [1.82, 2.24) is 9.62 Å². The van der Waals surface area contributed by atoms with E-state index in [0.717, 1.165) is 38.0 Å². The molecule has 1 aliphatic rings. The van der Waals surface area contributed by atoms with Gasteiger partial charge in [-0.1, -0.05) is 24.3 Å². The fourth-order valence-corrected chi connectivity index (χ4v) is 5.23. The van der Waals surface area contributed by atoms with E-state index in [1.165, 1.54) is 11.3 Å². The number of piperidine rings is 1. The summed E-state index contributed by atoms with van der Waals surface area (Å²) in [7, 11) is -3.40. The quantitative estimate of drug-likeness (QED) is 0.888. The van der Waals surface area contributed by atoms with Crippen molar-refractivity contribution in [3.63, 3.8) is 0 Å². The summed E-state index contributed by atoms with van der Waals surface area (Å²) < 4.78 is 27.7. The van der Waals surface area contributed by atoms with E-state index >= 15 is 0 Å². The van der Waals surface area contributed by atoms with E-state index in [4.69, 9.17) is 5.26 Å². The van der Waals surface area contributed by atoms with Gasteiger partial charge in [0.05, 0.1) is 11.6 Å². The third-order valence-corrected chi connectivity index (χ3v) is 7.12. The lowest BCUT2D eigenvalue weighted by atomic mass is 10.0. The number of sulfonamides is 1. The Bertz CT molecular complexity index is 818. The lowest BCUT2D eigenvalue weighted by molar-refractivity contribution is 0.200. The number of thiophene rings is 1. The molecule has 0 amide bonds. The predicted octanol–water partition coefficient (Wildman–Crippen LogP) is 2.56. The monoisotopic (exact) mass is 361 g/mol. The van der Waals surface area contributed by atoms with Crippen molar-refractivity contribution in [2.24, 2.45) is 0 Å². The van der Waals surface area contributed by atoms with Gasteiger partial charge in [0.15, 0.2) is 0 Å². The molecule has 0 bridgehead atoms. The average Bonchev–Trinajstić information content (AvgIpc) is 3.12. The number of nitrogens with zero attached hydrogens (tertiary/aromatic N) is 2. The lowest BCUT2D eigenvalue weighted by Gasteiger charge is -2.32. The first-order valence-electron chi connectivity index (χ1n) is 7.85. The summed E-state index contributed by atoms with van der Waals surface area (Å²) in [5.74, 6) is 0. The van der Waals surface area contributed by atoms with Gasteiger partial charge in [-0.25, -0.2) is 13.1 Å². The minimum Gasteiger partial charge on any atom is -0.299 e. The van der Waals surface area contributed by atoms with E-state index in [1.807, 2.05) is 24.3 Å². The van der Waals surface area contributed by atoms with E-state index < -0.39 is 10.0 Å². The lowest BCUT2D eigenvalue weighted by Crippen LogP contribution is -2.44. The molecule has 7 heteroatoms. The molecule has 0 spiro atoms. The highest BCUT2D eigenvalue weighted by molar-refractivity contribution is 7.91. The molecular formula is C17H19N3O2S2. The summed E-state index contributed by atoms with van der Waals surface area (Å²) in [4.78, 5) is 2.27. The Morgan fingerprint density at radius 1 is 1.21 bits per heavy atom. The second-order valence-corrected chi connectivity index (χ2v) is 8.76. The fourth-order valence-electron chi connectivity index (χ4n) is 2.91. The average molecular weight is 361 g/mol. The minimum atomic E-state index is -3.40. The molecule has 1 aliphatic heterocycles. The second-order valence-electron chi connectivity index (χ2n) is 5.87. The van der Waals surface area contributed by atoms with Crippen molar-refractivity contribution >= 4 is 21.4 Å². The molecule has 0 saturated carbocycles. The first-order chi connectivity index (χ1) is 11.6. The maximum Gasteiger partial charge on any atom is 0.250 e. The maximum absolute atomic E-state index is 12.3. The van der Waals surface area contributed by atoms with Crippen LogP contribution in [-0.2, 0) is 16.6 Å². The molecule has 24 heavy (non-hydrogen) atoms. The zero-order chi connectivity index (χ0) is 17.0. The molecule has 126 valence electrons. The first kappa shape index (κ1) is 17.1. The summed E-state index contributed by atoms with van der Waals surface area (Å²) in [5.41, 5.74) is 1.73. The van der Waals surface area contributed by atoms with Crippen molar-refractivity contribution in [1.29, 1.82) is 5.26 Å². The van der Waals surface area contributed by atoms with Crippen molar-refractivity contribution in [2.45, 2.75) is 29.6 Å². The van der Waals surface area contributed by atoms with Crippen LogP contribution in [0.1, 0.15) is 24.0 Å². The Labute approximate surface area is 146 Å². The highest BCUT2D eigenvalue weighted by Gasteiger charge is 2.25.